The van der Waals surface area contributed by atoms with Crippen LogP contribution in [0.5, 0.6) is 0 Å². The molecule has 4 N–H and O–H groups in total. The van der Waals surface area contributed by atoms with Crippen molar-refractivity contribution in [1.29, 1.82) is 0 Å². The maximum absolute atomic E-state index is 11.5. The predicted molar refractivity (Wildman–Crippen MR) is 133 cm³/mol. The summed E-state index contributed by atoms with van der Waals surface area (Å²) in [5.74, 6) is 1.57. The monoisotopic (exact) mass is 445 g/mol. The van der Waals surface area contributed by atoms with Crippen LogP contribution in [-0.2, 0) is 11.3 Å². The number of aliphatic imine (C=N–C) groups is 1. The predicted octanol–water partition coefficient (Wildman–Crippen LogP) is 2.35. The third-order valence-corrected chi connectivity index (χ3v) is 6.03. The summed E-state index contributed by atoms with van der Waals surface area (Å²) in [4.78, 5) is 25.7. The minimum absolute atomic E-state index is 0.0247. The molecule has 1 saturated heterocycles. The molecule has 0 bridgehead atoms. The normalized spacial score (nSPS) is 15.6. The maximum Gasteiger partial charge on any atom is 0.220 e. The fourth-order valence-electron chi connectivity index (χ4n) is 4.30. The molecule has 0 radical (unpaired) electrons. The number of guanidine groups is 1. The summed E-state index contributed by atoms with van der Waals surface area (Å²) in [6.07, 6.45) is 4.44. The molecule has 1 amide bonds. The number of nitrogens with two attached hydrogens (primary N) is 1. The summed E-state index contributed by atoms with van der Waals surface area (Å²) < 4.78 is 0. The Morgan fingerprint density at radius 1 is 1.25 bits per heavy atom. The van der Waals surface area contributed by atoms with Crippen LogP contribution in [0.15, 0.2) is 23.3 Å². The maximum atomic E-state index is 11.5. The number of pyridine rings is 1. The molecule has 0 saturated carbocycles. The van der Waals surface area contributed by atoms with Gasteiger partial charge in [-0.25, -0.2) is 9.98 Å². The lowest BCUT2D eigenvalue weighted by atomic mass is 9.96. The summed E-state index contributed by atoms with van der Waals surface area (Å²) >= 11 is 0. The van der Waals surface area contributed by atoms with E-state index in [1.165, 1.54) is 0 Å². The van der Waals surface area contributed by atoms with E-state index in [0.29, 0.717) is 18.6 Å². The Balaban J connectivity index is 1.95. The van der Waals surface area contributed by atoms with Gasteiger partial charge in [-0.2, -0.15) is 0 Å². The van der Waals surface area contributed by atoms with Gasteiger partial charge >= 0.3 is 0 Å². The highest BCUT2D eigenvalue weighted by Crippen LogP contribution is 2.24. The number of piperidine rings is 1. The minimum Gasteiger partial charge on any atom is -0.369 e. The van der Waals surface area contributed by atoms with Gasteiger partial charge in [0.05, 0.1) is 6.54 Å². The highest BCUT2D eigenvalue weighted by molar-refractivity contribution is 5.79. The fourth-order valence-corrected chi connectivity index (χ4v) is 4.30. The van der Waals surface area contributed by atoms with E-state index in [1.807, 2.05) is 12.3 Å². The SMILES string of the molecule is CCNC(=NCc1cccnc1N1CCC(C(N)=O)CC1)NCCCN(C(C)C)C(C)C. The molecule has 2 rings (SSSR count). The summed E-state index contributed by atoms with van der Waals surface area (Å²) in [5, 5.41) is 6.81. The average molecular weight is 446 g/mol. The second-order valence-corrected chi connectivity index (χ2v) is 9.05. The highest BCUT2D eigenvalue weighted by atomic mass is 16.1. The molecule has 0 unspecified atom stereocenters. The van der Waals surface area contributed by atoms with E-state index in [9.17, 15) is 4.79 Å². The Labute approximate surface area is 194 Å². The number of aromatic nitrogens is 1. The van der Waals surface area contributed by atoms with Crippen molar-refractivity contribution in [3.63, 3.8) is 0 Å². The molecule has 1 fully saturated rings. The van der Waals surface area contributed by atoms with Gasteiger partial charge in [-0.05, 0) is 59.9 Å². The van der Waals surface area contributed by atoms with Crippen molar-refractivity contribution in [2.45, 2.75) is 72.5 Å². The van der Waals surface area contributed by atoms with Gasteiger partial charge in [0.25, 0.3) is 0 Å². The molecule has 1 aromatic rings. The topological polar surface area (TPSA) is 98.9 Å². The first-order chi connectivity index (χ1) is 15.3. The van der Waals surface area contributed by atoms with Crippen LogP contribution < -0.4 is 21.3 Å². The third-order valence-electron chi connectivity index (χ3n) is 6.03. The van der Waals surface area contributed by atoms with Gasteiger partial charge in [0.15, 0.2) is 5.96 Å². The molecule has 1 aromatic heterocycles. The van der Waals surface area contributed by atoms with Gasteiger partial charge in [-0.15, -0.1) is 0 Å². The summed E-state index contributed by atoms with van der Waals surface area (Å²) in [6, 6.07) is 5.14. The first-order valence-corrected chi connectivity index (χ1v) is 12.1. The molecule has 1 aliphatic rings. The van der Waals surface area contributed by atoms with E-state index in [2.05, 4.69) is 66.1 Å². The Morgan fingerprint density at radius 3 is 2.53 bits per heavy atom. The van der Waals surface area contributed by atoms with Gasteiger partial charge in [-0.1, -0.05) is 6.07 Å². The number of nitrogens with zero attached hydrogens (tertiary/aromatic N) is 4. The Morgan fingerprint density at radius 2 is 1.94 bits per heavy atom. The number of primary amides is 1. The average Bonchev–Trinajstić information content (AvgIpc) is 2.77. The number of amides is 1. The Bertz CT molecular complexity index is 719. The zero-order chi connectivity index (χ0) is 23.5. The number of hydrogen-bond donors (Lipinski definition) is 3. The second kappa shape index (κ2) is 13.3. The van der Waals surface area contributed by atoms with E-state index in [4.69, 9.17) is 10.7 Å². The first-order valence-electron chi connectivity index (χ1n) is 12.1. The summed E-state index contributed by atoms with van der Waals surface area (Å²) in [6.45, 7) is 16.0. The van der Waals surface area contributed by atoms with Crippen LogP contribution in [0.2, 0.25) is 0 Å². The molecule has 8 nitrogen and oxygen atoms in total. The Kier molecular flexibility index (Phi) is 10.7. The summed E-state index contributed by atoms with van der Waals surface area (Å²) in [7, 11) is 0. The van der Waals surface area contributed by atoms with Crippen LogP contribution >= 0.6 is 0 Å². The van der Waals surface area contributed by atoms with Gasteiger partial charge in [0.2, 0.25) is 5.91 Å². The standard InChI is InChI=1S/C24H43N7O/c1-6-26-24(28-13-8-14-31(18(2)3)19(4)5)29-17-21-9-7-12-27-23(21)30-15-10-20(11-16-30)22(25)32/h7,9,12,18-20H,6,8,10-11,13-17H2,1-5H3,(H2,25,32)(H2,26,28,29). The van der Waals surface area contributed by atoms with E-state index < -0.39 is 0 Å². The highest BCUT2D eigenvalue weighted by Gasteiger charge is 2.24. The van der Waals surface area contributed by atoms with Crippen molar-refractivity contribution in [2.75, 3.05) is 37.6 Å². The number of carbonyl (C=O) groups excluding carboxylic acids is 1. The van der Waals surface area contributed by atoms with Crippen molar-refractivity contribution in [1.82, 2.24) is 20.5 Å². The van der Waals surface area contributed by atoms with Crippen LogP contribution in [-0.4, -0.2) is 66.6 Å². The number of rotatable bonds is 11. The minimum atomic E-state index is -0.193. The van der Waals surface area contributed by atoms with Gasteiger partial charge < -0.3 is 21.3 Å². The van der Waals surface area contributed by atoms with Crippen molar-refractivity contribution in [2.24, 2.45) is 16.6 Å². The Hall–Kier alpha value is -2.35. The molecule has 8 heteroatoms. The fraction of sp³-hybridized carbons (Fsp3) is 0.708. The molecule has 2 heterocycles. The van der Waals surface area contributed by atoms with E-state index >= 15 is 0 Å². The van der Waals surface area contributed by atoms with Crippen LogP contribution in [0.3, 0.4) is 0 Å². The number of hydrogen-bond acceptors (Lipinski definition) is 5. The van der Waals surface area contributed by atoms with E-state index in [-0.39, 0.29) is 11.8 Å². The smallest absolute Gasteiger partial charge is 0.220 e. The number of nitrogens with one attached hydrogen (secondary N) is 2. The first kappa shape index (κ1) is 25.9. The molecular formula is C24H43N7O. The van der Waals surface area contributed by atoms with Crippen LogP contribution in [0.4, 0.5) is 5.82 Å². The van der Waals surface area contributed by atoms with Gasteiger partial charge in [0, 0.05) is 62.5 Å². The second-order valence-electron chi connectivity index (χ2n) is 9.05. The molecule has 180 valence electrons. The largest absolute Gasteiger partial charge is 0.369 e. The third kappa shape index (κ3) is 7.97. The zero-order valence-corrected chi connectivity index (χ0v) is 20.6. The van der Waals surface area contributed by atoms with Gasteiger partial charge in [-0.3, -0.25) is 9.69 Å². The molecule has 1 aliphatic heterocycles. The summed E-state index contributed by atoms with van der Waals surface area (Å²) in [5.41, 5.74) is 6.57. The number of anilines is 1. The van der Waals surface area contributed by atoms with Gasteiger partial charge in [0.1, 0.15) is 5.82 Å². The lowest BCUT2D eigenvalue weighted by Gasteiger charge is -2.32. The molecule has 0 aromatic carbocycles. The molecule has 0 atom stereocenters. The quantitative estimate of drug-likeness (QED) is 0.275. The lowest BCUT2D eigenvalue weighted by molar-refractivity contribution is -0.122. The molecule has 0 spiro atoms. The van der Waals surface area contributed by atoms with Crippen LogP contribution in [0, 0.1) is 5.92 Å². The van der Waals surface area contributed by atoms with E-state index in [0.717, 1.165) is 69.3 Å². The lowest BCUT2D eigenvalue weighted by Crippen LogP contribution is -2.41. The van der Waals surface area contributed by atoms with Crippen LogP contribution in [0.1, 0.15) is 59.4 Å². The van der Waals surface area contributed by atoms with E-state index in [1.54, 1.807) is 0 Å². The van der Waals surface area contributed by atoms with Crippen molar-refractivity contribution in [3.05, 3.63) is 23.9 Å². The molecular weight excluding hydrogens is 402 g/mol. The van der Waals surface area contributed by atoms with Crippen molar-refractivity contribution in [3.8, 4) is 0 Å². The molecule has 0 aliphatic carbocycles. The zero-order valence-electron chi connectivity index (χ0n) is 20.6. The van der Waals surface area contributed by atoms with Crippen molar-refractivity contribution >= 4 is 17.7 Å². The number of carbonyl (C=O) groups is 1. The molecule has 32 heavy (non-hydrogen) atoms. The van der Waals surface area contributed by atoms with Crippen molar-refractivity contribution < 1.29 is 4.79 Å². The van der Waals surface area contributed by atoms with Crippen LogP contribution in [0.25, 0.3) is 0 Å².